The minimum atomic E-state index is -3.82. The standard InChI is InChI=1S/C21H19BrN4O3S/c1-25(30(28,29)15-7-5-14(11-23)6-8-15)13-20(27)26-10-9-19-17(12-26)16-3-2-4-18(22)21(16)24-19/h2-8,24H,9-10,12-13H2,1H3. The van der Waals surface area contributed by atoms with Gasteiger partial charge < -0.3 is 9.88 Å². The van der Waals surface area contributed by atoms with Crippen LogP contribution in [0, 0.1) is 11.3 Å². The maximum atomic E-state index is 12.9. The van der Waals surface area contributed by atoms with E-state index in [9.17, 15) is 13.2 Å². The lowest BCUT2D eigenvalue weighted by molar-refractivity contribution is -0.132. The van der Waals surface area contributed by atoms with E-state index >= 15 is 0 Å². The summed E-state index contributed by atoms with van der Waals surface area (Å²) < 4.78 is 27.6. The van der Waals surface area contributed by atoms with Gasteiger partial charge in [0.05, 0.1) is 28.6 Å². The molecule has 1 N–H and O–H groups in total. The molecule has 1 aliphatic rings. The first-order valence-electron chi connectivity index (χ1n) is 9.33. The second kappa shape index (κ2) is 7.87. The van der Waals surface area contributed by atoms with E-state index in [0.717, 1.165) is 30.9 Å². The van der Waals surface area contributed by atoms with Crippen molar-refractivity contribution in [1.82, 2.24) is 14.2 Å². The molecular formula is C21H19BrN4O3S. The number of halogens is 1. The van der Waals surface area contributed by atoms with Gasteiger partial charge in [0, 0.05) is 47.7 Å². The molecule has 0 saturated heterocycles. The summed E-state index contributed by atoms with van der Waals surface area (Å²) in [6.45, 7) is 0.722. The zero-order valence-electron chi connectivity index (χ0n) is 16.2. The number of fused-ring (bicyclic) bond motifs is 3. The Morgan fingerprint density at radius 3 is 2.70 bits per heavy atom. The molecule has 9 heteroatoms. The molecule has 1 aromatic heterocycles. The molecule has 0 atom stereocenters. The number of nitrogens with zero attached hydrogens (tertiary/aromatic N) is 3. The number of sulfonamides is 1. The average Bonchev–Trinajstić information content (AvgIpc) is 3.13. The highest BCUT2D eigenvalue weighted by Gasteiger charge is 2.28. The Morgan fingerprint density at radius 2 is 2.00 bits per heavy atom. The van der Waals surface area contributed by atoms with Crippen LogP contribution < -0.4 is 0 Å². The molecule has 0 bridgehead atoms. The second-order valence-electron chi connectivity index (χ2n) is 7.21. The predicted molar refractivity (Wildman–Crippen MR) is 116 cm³/mol. The molecule has 3 aromatic rings. The highest BCUT2D eigenvalue weighted by molar-refractivity contribution is 9.10. The molecular weight excluding hydrogens is 468 g/mol. The van der Waals surface area contributed by atoms with Gasteiger partial charge >= 0.3 is 0 Å². The van der Waals surface area contributed by atoms with Gasteiger partial charge in [0.15, 0.2) is 0 Å². The molecule has 30 heavy (non-hydrogen) atoms. The number of hydrogen-bond donors (Lipinski definition) is 1. The zero-order valence-corrected chi connectivity index (χ0v) is 18.6. The topological polar surface area (TPSA) is 97.3 Å². The summed E-state index contributed by atoms with van der Waals surface area (Å²) in [6.07, 6.45) is 0.689. The number of H-pyrrole nitrogens is 1. The first-order chi connectivity index (χ1) is 14.3. The number of carbonyl (C=O) groups is 1. The number of amides is 1. The van der Waals surface area contributed by atoms with E-state index in [1.165, 1.54) is 31.3 Å². The minimum absolute atomic E-state index is 0.0548. The van der Waals surface area contributed by atoms with Crippen molar-refractivity contribution in [2.24, 2.45) is 0 Å². The lowest BCUT2D eigenvalue weighted by Crippen LogP contribution is -2.43. The molecule has 0 saturated carbocycles. The maximum Gasteiger partial charge on any atom is 0.243 e. The predicted octanol–water partition coefficient (Wildman–Crippen LogP) is 3.01. The van der Waals surface area contributed by atoms with Crippen LogP contribution in [-0.4, -0.2) is 48.7 Å². The van der Waals surface area contributed by atoms with E-state index in [1.54, 1.807) is 4.90 Å². The van der Waals surface area contributed by atoms with Gasteiger partial charge in [-0.25, -0.2) is 8.42 Å². The molecule has 0 aliphatic carbocycles. The molecule has 0 fully saturated rings. The van der Waals surface area contributed by atoms with Crippen molar-refractivity contribution in [1.29, 1.82) is 5.26 Å². The van der Waals surface area contributed by atoms with Gasteiger partial charge in [-0.15, -0.1) is 0 Å². The SMILES string of the molecule is CN(CC(=O)N1CCc2[nH]c3c(Br)cccc3c2C1)S(=O)(=O)c1ccc(C#N)cc1. The van der Waals surface area contributed by atoms with Crippen molar-refractivity contribution in [3.63, 3.8) is 0 Å². The molecule has 2 heterocycles. The monoisotopic (exact) mass is 486 g/mol. The third kappa shape index (κ3) is 3.62. The fourth-order valence-corrected chi connectivity index (χ4v) is 5.26. The van der Waals surface area contributed by atoms with Gasteiger partial charge in [-0.1, -0.05) is 12.1 Å². The van der Waals surface area contributed by atoms with E-state index in [2.05, 4.69) is 20.9 Å². The van der Waals surface area contributed by atoms with Crippen LogP contribution >= 0.6 is 15.9 Å². The normalized spacial score (nSPS) is 14.0. The van der Waals surface area contributed by atoms with Gasteiger partial charge in [0.1, 0.15) is 0 Å². The van der Waals surface area contributed by atoms with Crippen molar-refractivity contribution >= 4 is 42.8 Å². The van der Waals surface area contributed by atoms with E-state index in [-0.39, 0.29) is 17.3 Å². The molecule has 2 aromatic carbocycles. The summed E-state index contributed by atoms with van der Waals surface area (Å²) in [4.78, 5) is 18.1. The number of para-hydroxylation sites is 1. The van der Waals surface area contributed by atoms with Crippen molar-refractivity contribution < 1.29 is 13.2 Å². The Labute approximate surface area is 183 Å². The summed E-state index contributed by atoms with van der Waals surface area (Å²) in [5, 5.41) is 9.94. The number of aromatic amines is 1. The lowest BCUT2D eigenvalue weighted by Gasteiger charge is -2.29. The van der Waals surface area contributed by atoms with Crippen molar-refractivity contribution in [2.45, 2.75) is 17.9 Å². The van der Waals surface area contributed by atoms with Gasteiger partial charge in [-0.05, 0) is 46.3 Å². The Hall–Kier alpha value is -2.67. The minimum Gasteiger partial charge on any atom is -0.357 e. The fraction of sp³-hybridized carbons (Fsp3) is 0.238. The molecule has 0 radical (unpaired) electrons. The van der Waals surface area contributed by atoms with Crippen LogP contribution in [0.3, 0.4) is 0 Å². The third-order valence-electron chi connectivity index (χ3n) is 5.36. The van der Waals surface area contributed by atoms with Crippen LogP contribution in [0.25, 0.3) is 10.9 Å². The first-order valence-corrected chi connectivity index (χ1v) is 11.6. The summed E-state index contributed by atoms with van der Waals surface area (Å²) in [6, 6.07) is 13.6. The zero-order chi connectivity index (χ0) is 21.5. The number of likely N-dealkylation sites (N-methyl/N-ethyl adjacent to an activating group) is 1. The molecule has 0 unspecified atom stereocenters. The van der Waals surface area contributed by atoms with Crippen LogP contribution in [0.4, 0.5) is 0 Å². The van der Waals surface area contributed by atoms with E-state index in [1.807, 2.05) is 24.3 Å². The quantitative estimate of drug-likeness (QED) is 0.612. The summed E-state index contributed by atoms with van der Waals surface area (Å²) in [5.41, 5.74) is 3.57. The van der Waals surface area contributed by atoms with E-state index < -0.39 is 10.0 Å². The number of carbonyl (C=O) groups excluding carboxylic acids is 1. The van der Waals surface area contributed by atoms with E-state index in [4.69, 9.17) is 5.26 Å². The van der Waals surface area contributed by atoms with Crippen LogP contribution in [-0.2, 0) is 27.8 Å². The van der Waals surface area contributed by atoms with Crippen LogP contribution in [0.2, 0.25) is 0 Å². The largest absolute Gasteiger partial charge is 0.357 e. The number of aromatic nitrogens is 1. The number of nitrogens with one attached hydrogen (secondary N) is 1. The second-order valence-corrected chi connectivity index (χ2v) is 10.1. The first kappa shape index (κ1) is 20.6. The molecule has 1 amide bonds. The smallest absolute Gasteiger partial charge is 0.243 e. The lowest BCUT2D eigenvalue weighted by atomic mass is 10.0. The summed E-state index contributed by atoms with van der Waals surface area (Å²) >= 11 is 3.55. The molecule has 4 rings (SSSR count). The number of nitriles is 1. The molecule has 7 nitrogen and oxygen atoms in total. The third-order valence-corrected chi connectivity index (χ3v) is 7.84. The van der Waals surface area contributed by atoms with Crippen molar-refractivity contribution in [2.75, 3.05) is 20.1 Å². The van der Waals surface area contributed by atoms with E-state index in [0.29, 0.717) is 25.1 Å². The van der Waals surface area contributed by atoms with Crippen LogP contribution in [0.1, 0.15) is 16.8 Å². The maximum absolute atomic E-state index is 12.9. The van der Waals surface area contributed by atoms with Crippen LogP contribution in [0.5, 0.6) is 0 Å². The Bertz CT molecular complexity index is 1280. The summed E-state index contributed by atoms with van der Waals surface area (Å²) in [5.74, 6) is -0.246. The Balaban J connectivity index is 1.51. The fourth-order valence-electron chi connectivity index (χ4n) is 3.67. The van der Waals surface area contributed by atoms with Gasteiger partial charge in [-0.2, -0.15) is 9.57 Å². The van der Waals surface area contributed by atoms with Gasteiger partial charge in [0.25, 0.3) is 0 Å². The number of rotatable bonds is 4. The number of hydrogen-bond acceptors (Lipinski definition) is 4. The van der Waals surface area contributed by atoms with Crippen molar-refractivity contribution in [3.05, 3.63) is 63.8 Å². The van der Waals surface area contributed by atoms with Crippen LogP contribution in [0.15, 0.2) is 51.8 Å². The van der Waals surface area contributed by atoms with Crippen molar-refractivity contribution in [3.8, 4) is 6.07 Å². The highest BCUT2D eigenvalue weighted by Crippen LogP contribution is 2.31. The van der Waals surface area contributed by atoms with Gasteiger partial charge in [-0.3, -0.25) is 4.79 Å². The Kier molecular flexibility index (Phi) is 5.40. The van der Waals surface area contributed by atoms with Gasteiger partial charge in [0.2, 0.25) is 15.9 Å². The Morgan fingerprint density at radius 1 is 1.27 bits per heavy atom. The highest BCUT2D eigenvalue weighted by atomic mass is 79.9. The molecule has 1 aliphatic heterocycles. The number of benzene rings is 2. The average molecular weight is 487 g/mol. The molecule has 154 valence electrons. The molecule has 0 spiro atoms. The summed E-state index contributed by atoms with van der Waals surface area (Å²) in [7, 11) is -2.43.